The minimum absolute atomic E-state index is 0.0414. The number of carbonyl (C=O) groups excluding carboxylic acids is 1. The second kappa shape index (κ2) is 7.62. The van der Waals surface area contributed by atoms with Crippen LogP contribution in [0.5, 0.6) is 5.75 Å². The molecule has 0 saturated carbocycles. The Morgan fingerprint density at radius 1 is 1.41 bits per heavy atom. The van der Waals surface area contributed by atoms with Crippen LogP contribution in [-0.2, 0) is 19.4 Å². The van der Waals surface area contributed by atoms with Gasteiger partial charge in [-0.15, -0.1) is 0 Å². The number of hydrogen-bond donors (Lipinski definition) is 3. The molecule has 158 valence electrons. The van der Waals surface area contributed by atoms with E-state index in [1.165, 1.54) is 24.3 Å². The molecule has 0 spiro atoms. The van der Waals surface area contributed by atoms with Crippen molar-refractivity contribution in [1.29, 1.82) is 5.41 Å². The van der Waals surface area contributed by atoms with Gasteiger partial charge in [0.15, 0.2) is 15.6 Å². The van der Waals surface area contributed by atoms with Crippen molar-refractivity contribution in [3.8, 4) is 5.75 Å². The van der Waals surface area contributed by atoms with Gasteiger partial charge in [0, 0.05) is 12.0 Å². The molecule has 1 atom stereocenters. The van der Waals surface area contributed by atoms with Gasteiger partial charge in [0.1, 0.15) is 18.1 Å². The summed E-state index contributed by atoms with van der Waals surface area (Å²) in [6.07, 6.45) is 0.125. The summed E-state index contributed by atoms with van der Waals surface area (Å²) in [6, 6.07) is 5.60. The van der Waals surface area contributed by atoms with E-state index in [2.05, 4.69) is 10.1 Å². The minimum atomic E-state index is -3.10. The second-order valence-corrected chi connectivity index (χ2v) is 9.49. The number of alkyl halides is 2. The van der Waals surface area contributed by atoms with Crippen LogP contribution in [-0.4, -0.2) is 50.3 Å². The maximum absolute atomic E-state index is 12.5. The molecule has 1 amide bonds. The van der Waals surface area contributed by atoms with E-state index in [4.69, 9.17) is 15.9 Å². The Kier molecular flexibility index (Phi) is 5.52. The Balaban J connectivity index is 1.67. The molecule has 2 aliphatic heterocycles. The number of halogens is 2. The average Bonchev–Trinajstić information content (AvgIpc) is 2.58. The highest BCUT2D eigenvalue weighted by Crippen LogP contribution is 2.28. The number of nitrogens with one attached hydrogen (secondary N) is 2. The van der Waals surface area contributed by atoms with Crippen LogP contribution < -0.4 is 15.8 Å². The van der Waals surface area contributed by atoms with Gasteiger partial charge in [0.05, 0.1) is 28.7 Å². The van der Waals surface area contributed by atoms with E-state index < -0.39 is 27.9 Å². The van der Waals surface area contributed by atoms with E-state index >= 15 is 0 Å². The molecular formula is C18H21F2N3O5S. The number of nitrogens with two attached hydrogens (primary N) is 1. The Morgan fingerprint density at radius 2 is 2.10 bits per heavy atom. The van der Waals surface area contributed by atoms with Crippen LogP contribution in [0.15, 0.2) is 35.7 Å². The summed E-state index contributed by atoms with van der Waals surface area (Å²) in [6.45, 7) is -1.37. The summed E-state index contributed by atoms with van der Waals surface area (Å²) in [5.74, 6) is -1.25. The third-order valence-electron chi connectivity index (χ3n) is 4.63. The maximum atomic E-state index is 12.5. The molecule has 0 radical (unpaired) electrons. The zero-order chi connectivity index (χ0) is 21.4. The normalized spacial score (nSPS) is 22.4. The molecule has 4 N–H and O–H groups in total. The van der Waals surface area contributed by atoms with Crippen molar-refractivity contribution >= 4 is 21.5 Å². The van der Waals surface area contributed by atoms with Crippen molar-refractivity contribution in [3.05, 3.63) is 41.3 Å². The maximum Gasteiger partial charge on any atom is 0.387 e. The number of allylic oxidation sites excluding steroid dienone is 2. The second-order valence-electron chi connectivity index (χ2n) is 7.43. The lowest BCUT2D eigenvalue weighted by atomic mass is 9.96. The summed E-state index contributed by atoms with van der Waals surface area (Å²) < 4.78 is 57.4. The smallest absolute Gasteiger partial charge is 0.387 e. The fourth-order valence-corrected chi connectivity index (χ4v) is 5.46. The van der Waals surface area contributed by atoms with E-state index in [9.17, 15) is 22.0 Å². The van der Waals surface area contributed by atoms with Crippen LogP contribution >= 0.6 is 0 Å². The summed E-state index contributed by atoms with van der Waals surface area (Å²) in [7, 11) is -3.10. The molecule has 1 fully saturated rings. The third-order valence-corrected chi connectivity index (χ3v) is 6.79. The van der Waals surface area contributed by atoms with Gasteiger partial charge in [-0.05, 0) is 19.1 Å². The van der Waals surface area contributed by atoms with E-state index in [0.717, 1.165) is 0 Å². The molecule has 0 bridgehead atoms. The topological polar surface area (TPSA) is 132 Å². The first-order valence-corrected chi connectivity index (χ1v) is 10.6. The van der Waals surface area contributed by atoms with Gasteiger partial charge in [-0.2, -0.15) is 8.78 Å². The lowest BCUT2D eigenvalue weighted by molar-refractivity contribution is -0.128. The molecule has 11 heteroatoms. The molecular weight excluding hydrogens is 408 g/mol. The van der Waals surface area contributed by atoms with E-state index in [1.807, 2.05) is 0 Å². The monoisotopic (exact) mass is 429 g/mol. The summed E-state index contributed by atoms with van der Waals surface area (Å²) in [5, 5.41) is 11.0. The summed E-state index contributed by atoms with van der Waals surface area (Å²) in [5.41, 5.74) is 5.54. The lowest BCUT2D eigenvalue weighted by Crippen LogP contribution is -2.64. The Morgan fingerprint density at radius 3 is 2.69 bits per heavy atom. The molecule has 0 aromatic heterocycles. The number of sulfone groups is 1. The zero-order valence-corrected chi connectivity index (χ0v) is 16.4. The molecule has 2 aliphatic rings. The molecule has 1 aromatic rings. The molecule has 3 rings (SSSR count). The van der Waals surface area contributed by atoms with Gasteiger partial charge in [-0.3, -0.25) is 10.2 Å². The molecule has 1 saturated heterocycles. The van der Waals surface area contributed by atoms with Gasteiger partial charge in [-0.25, -0.2) is 8.42 Å². The minimum Gasteiger partial charge on any atom is -0.489 e. The number of carbonyl (C=O) groups is 1. The van der Waals surface area contributed by atoms with E-state index in [0.29, 0.717) is 0 Å². The van der Waals surface area contributed by atoms with Crippen LogP contribution in [0.3, 0.4) is 0 Å². The lowest BCUT2D eigenvalue weighted by Gasteiger charge is -2.39. The zero-order valence-electron chi connectivity index (χ0n) is 15.6. The van der Waals surface area contributed by atoms with Crippen LogP contribution in [0.1, 0.15) is 18.9 Å². The van der Waals surface area contributed by atoms with Crippen molar-refractivity contribution in [3.63, 3.8) is 0 Å². The predicted molar refractivity (Wildman–Crippen MR) is 100 cm³/mol. The molecule has 2 heterocycles. The van der Waals surface area contributed by atoms with Crippen molar-refractivity contribution in [2.75, 3.05) is 18.1 Å². The number of amides is 1. The Bertz CT molecular complexity index is 965. The highest BCUT2D eigenvalue weighted by atomic mass is 32.2. The fourth-order valence-electron chi connectivity index (χ4n) is 3.45. The molecule has 1 unspecified atom stereocenters. The van der Waals surface area contributed by atoms with Crippen molar-refractivity contribution < 1.29 is 31.5 Å². The van der Waals surface area contributed by atoms with E-state index in [1.54, 1.807) is 6.92 Å². The average molecular weight is 429 g/mol. The SMILES string of the molecule is CC1(NC(=O)C2COC(C(=N)c3cccc(OC(F)F)c3)=C(N)C2)CS(=O)(=O)C1. The first kappa shape index (κ1) is 21.0. The number of ether oxygens (including phenoxy) is 2. The third kappa shape index (κ3) is 4.84. The van der Waals surface area contributed by atoms with Crippen LogP contribution in [0.25, 0.3) is 0 Å². The predicted octanol–water partition coefficient (Wildman–Crippen LogP) is 1.17. The van der Waals surface area contributed by atoms with E-state index in [-0.39, 0.29) is 58.9 Å². The molecule has 1 aromatic carbocycles. The first-order valence-electron chi connectivity index (χ1n) is 8.76. The quantitative estimate of drug-likeness (QED) is 0.582. The summed E-state index contributed by atoms with van der Waals surface area (Å²) >= 11 is 0. The van der Waals surface area contributed by atoms with Gasteiger partial charge in [0.25, 0.3) is 0 Å². The molecule has 0 aliphatic carbocycles. The van der Waals surface area contributed by atoms with Crippen LogP contribution in [0.4, 0.5) is 8.78 Å². The largest absolute Gasteiger partial charge is 0.489 e. The van der Waals surface area contributed by atoms with Crippen molar-refractivity contribution in [2.24, 2.45) is 11.7 Å². The van der Waals surface area contributed by atoms with Gasteiger partial charge in [0.2, 0.25) is 5.91 Å². The van der Waals surface area contributed by atoms with Gasteiger partial charge in [-0.1, -0.05) is 12.1 Å². The number of hydrogen-bond acceptors (Lipinski definition) is 7. The Labute approximate surface area is 166 Å². The Hall–Kier alpha value is -2.69. The number of benzene rings is 1. The molecule has 29 heavy (non-hydrogen) atoms. The number of rotatable bonds is 6. The van der Waals surface area contributed by atoms with Gasteiger partial charge < -0.3 is 20.5 Å². The highest BCUT2D eigenvalue weighted by Gasteiger charge is 2.46. The highest BCUT2D eigenvalue weighted by molar-refractivity contribution is 7.93. The van der Waals surface area contributed by atoms with Crippen LogP contribution in [0, 0.1) is 11.3 Å². The van der Waals surface area contributed by atoms with Crippen molar-refractivity contribution in [2.45, 2.75) is 25.5 Å². The van der Waals surface area contributed by atoms with Crippen molar-refractivity contribution in [1.82, 2.24) is 5.32 Å². The standard InChI is InChI=1S/C18H21F2N3O5S/c1-18(8-29(25,26)9-18)23-16(24)11-6-13(21)15(27-7-11)14(22)10-3-2-4-12(5-10)28-17(19)20/h2-5,11,17,22H,6-9,21H2,1H3,(H,23,24). The molecule has 8 nitrogen and oxygen atoms in total. The summed E-state index contributed by atoms with van der Waals surface area (Å²) in [4.78, 5) is 12.5. The fraction of sp³-hybridized carbons (Fsp3) is 0.444. The van der Waals surface area contributed by atoms with Crippen LogP contribution in [0.2, 0.25) is 0 Å². The first-order chi connectivity index (χ1) is 13.5. The van der Waals surface area contributed by atoms with Gasteiger partial charge >= 0.3 is 6.61 Å².